The van der Waals surface area contributed by atoms with Gasteiger partial charge in [-0.25, -0.2) is 4.39 Å². The molecule has 0 spiro atoms. The van der Waals surface area contributed by atoms with E-state index in [1.54, 1.807) is 18.2 Å². The minimum absolute atomic E-state index is 0.0484. The smallest absolute Gasteiger partial charge is 0.257 e. The van der Waals surface area contributed by atoms with E-state index in [0.29, 0.717) is 6.54 Å². The SMILES string of the molecule is Cc1ccc2c(c1)c1c3n2CCN(C(=O)c2ccccc2F)[C@@H]3CCC1. The van der Waals surface area contributed by atoms with Crippen molar-refractivity contribution in [1.82, 2.24) is 9.47 Å². The van der Waals surface area contributed by atoms with Crippen LogP contribution in [0, 0.1) is 12.7 Å². The number of nitrogens with zero attached hydrogens (tertiary/aromatic N) is 2. The molecule has 5 rings (SSSR count). The highest BCUT2D eigenvalue weighted by atomic mass is 19.1. The Morgan fingerprint density at radius 2 is 2.00 bits per heavy atom. The third-order valence-corrected chi connectivity index (χ3v) is 5.89. The Hall–Kier alpha value is -2.62. The number of amides is 1. The molecule has 3 aromatic rings. The van der Waals surface area contributed by atoms with Gasteiger partial charge >= 0.3 is 0 Å². The van der Waals surface area contributed by atoms with Crippen LogP contribution in [0.1, 0.15) is 46.1 Å². The molecule has 132 valence electrons. The van der Waals surface area contributed by atoms with Crippen molar-refractivity contribution in [1.29, 1.82) is 0 Å². The van der Waals surface area contributed by atoms with Crippen LogP contribution in [0.4, 0.5) is 4.39 Å². The molecule has 0 bridgehead atoms. The van der Waals surface area contributed by atoms with Crippen LogP contribution < -0.4 is 0 Å². The highest BCUT2D eigenvalue weighted by Gasteiger charge is 2.37. The predicted molar refractivity (Wildman–Crippen MR) is 99.8 cm³/mol. The van der Waals surface area contributed by atoms with Crippen molar-refractivity contribution in [2.45, 2.75) is 38.8 Å². The maximum absolute atomic E-state index is 14.2. The maximum atomic E-state index is 14.2. The van der Waals surface area contributed by atoms with Crippen molar-refractivity contribution in [3.8, 4) is 0 Å². The van der Waals surface area contributed by atoms with Crippen LogP contribution in [-0.2, 0) is 13.0 Å². The van der Waals surface area contributed by atoms with Gasteiger partial charge in [-0.1, -0.05) is 23.8 Å². The summed E-state index contributed by atoms with van der Waals surface area (Å²) < 4.78 is 16.6. The molecule has 2 aromatic carbocycles. The van der Waals surface area contributed by atoms with Crippen LogP contribution in [0.2, 0.25) is 0 Å². The Balaban J connectivity index is 1.64. The lowest BCUT2D eigenvalue weighted by atomic mass is 9.89. The van der Waals surface area contributed by atoms with Gasteiger partial charge in [-0.05, 0) is 56.0 Å². The topological polar surface area (TPSA) is 25.2 Å². The maximum Gasteiger partial charge on any atom is 0.257 e. The molecular weight excluding hydrogens is 327 g/mol. The third-order valence-electron chi connectivity index (χ3n) is 5.89. The normalized spacial score (nSPS) is 18.8. The largest absolute Gasteiger partial charge is 0.341 e. The van der Waals surface area contributed by atoms with Gasteiger partial charge in [-0.2, -0.15) is 0 Å². The molecule has 1 amide bonds. The fourth-order valence-corrected chi connectivity index (χ4v) is 4.75. The molecule has 1 atom stereocenters. The Bertz CT molecular complexity index is 1040. The van der Waals surface area contributed by atoms with Crippen LogP contribution in [0.15, 0.2) is 42.5 Å². The number of aryl methyl sites for hydroxylation is 2. The zero-order valence-electron chi connectivity index (χ0n) is 14.8. The van der Waals surface area contributed by atoms with E-state index in [0.717, 1.165) is 25.8 Å². The van der Waals surface area contributed by atoms with Gasteiger partial charge in [0.2, 0.25) is 0 Å². The van der Waals surface area contributed by atoms with Crippen molar-refractivity contribution >= 4 is 16.8 Å². The first-order valence-electron chi connectivity index (χ1n) is 9.32. The highest BCUT2D eigenvalue weighted by molar-refractivity contribution is 5.95. The summed E-state index contributed by atoms with van der Waals surface area (Å²) in [5, 5.41) is 1.32. The van der Waals surface area contributed by atoms with Crippen molar-refractivity contribution in [3.05, 3.63) is 70.7 Å². The summed E-state index contributed by atoms with van der Waals surface area (Å²) in [5.74, 6) is -0.621. The first-order chi connectivity index (χ1) is 12.6. The van der Waals surface area contributed by atoms with E-state index >= 15 is 0 Å². The third kappa shape index (κ3) is 2.14. The molecule has 1 aliphatic heterocycles. The number of benzene rings is 2. The van der Waals surface area contributed by atoms with Crippen LogP contribution in [0.25, 0.3) is 10.9 Å². The number of halogens is 1. The summed E-state index contributed by atoms with van der Waals surface area (Å²) >= 11 is 0. The second-order valence-corrected chi connectivity index (χ2v) is 7.42. The second-order valence-electron chi connectivity index (χ2n) is 7.42. The average molecular weight is 348 g/mol. The minimum Gasteiger partial charge on any atom is -0.341 e. The molecule has 0 fully saturated rings. The molecular formula is C22H21FN2O. The number of rotatable bonds is 1. The fraction of sp³-hybridized carbons (Fsp3) is 0.318. The van der Waals surface area contributed by atoms with Crippen molar-refractivity contribution in [2.75, 3.05) is 6.54 Å². The van der Waals surface area contributed by atoms with Gasteiger partial charge in [-0.3, -0.25) is 4.79 Å². The van der Waals surface area contributed by atoms with Crippen LogP contribution in [0.3, 0.4) is 0 Å². The van der Waals surface area contributed by atoms with E-state index in [1.807, 2.05) is 4.90 Å². The van der Waals surface area contributed by atoms with E-state index < -0.39 is 5.82 Å². The van der Waals surface area contributed by atoms with Crippen molar-refractivity contribution in [2.24, 2.45) is 0 Å². The van der Waals surface area contributed by atoms with E-state index in [9.17, 15) is 9.18 Å². The van der Waals surface area contributed by atoms with Gasteiger partial charge in [0.25, 0.3) is 5.91 Å². The summed E-state index contributed by atoms with van der Waals surface area (Å²) in [7, 11) is 0. The first kappa shape index (κ1) is 15.6. The van der Waals surface area contributed by atoms with Gasteiger partial charge in [0.05, 0.1) is 11.6 Å². The Morgan fingerprint density at radius 3 is 2.85 bits per heavy atom. The van der Waals surface area contributed by atoms with E-state index in [-0.39, 0.29) is 17.5 Å². The monoisotopic (exact) mass is 348 g/mol. The first-order valence-corrected chi connectivity index (χ1v) is 9.32. The lowest BCUT2D eigenvalue weighted by Gasteiger charge is -2.40. The second kappa shape index (κ2) is 5.70. The van der Waals surface area contributed by atoms with E-state index in [2.05, 4.69) is 29.7 Å². The molecule has 1 aromatic heterocycles. The van der Waals surface area contributed by atoms with Gasteiger partial charge in [0.1, 0.15) is 5.82 Å². The molecule has 0 N–H and O–H groups in total. The zero-order chi connectivity index (χ0) is 17.8. The zero-order valence-corrected chi connectivity index (χ0v) is 14.8. The summed E-state index contributed by atoms with van der Waals surface area (Å²) in [6, 6.07) is 13.0. The average Bonchev–Trinajstić information content (AvgIpc) is 2.97. The molecule has 0 radical (unpaired) electrons. The van der Waals surface area contributed by atoms with Gasteiger partial charge in [-0.15, -0.1) is 0 Å². The minimum atomic E-state index is -0.435. The summed E-state index contributed by atoms with van der Waals surface area (Å²) in [5.41, 5.74) is 5.36. The summed E-state index contributed by atoms with van der Waals surface area (Å²) in [6.07, 6.45) is 3.06. The molecule has 0 saturated carbocycles. The van der Waals surface area contributed by atoms with Gasteiger partial charge < -0.3 is 9.47 Å². The number of hydrogen-bond donors (Lipinski definition) is 0. The van der Waals surface area contributed by atoms with Crippen LogP contribution >= 0.6 is 0 Å². The lowest BCUT2D eigenvalue weighted by molar-refractivity contribution is 0.0596. The summed E-state index contributed by atoms with van der Waals surface area (Å²) in [4.78, 5) is 15.0. The number of aromatic nitrogens is 1. The summed E-state index contributed by atoms with van der Waals surface area (Å²) in [6.45, 7) is 3.52. The quantitative estimate of drug-likeness (QED) is 0.630. The lowest BCUT2D eigenvalue weighted by Crippen LogP contribution is -2.43. The van der Waals surface area contributed by atoms with E-state index in [4.69, 9.17) is 0 Å². The van der Waals surface area contributed by atoms with Crippen molar-refractivity contribution < 1.29 is 9.18 Å². The standard InChI is InChI=1S/C22H21FN2O/c1-14-9-10-19-17(13-14)15-6-4-8-20-21(15)24(19)11-12-25(20)22(26)16-5-2-3-7-18(16)23/h2-3,5,7,9-10,13,20H,4,6,8,11-12H2,1H3/t20-/m1/s1. The molecule has 0 saturated heterocycles. The molecule has 2 heterocycles. The van der Waals surface area contributed by atoms with Gasteiger partial charge in [0, 0.05) is 29.7 Å². The number of hydrogen-bond acceptors (Lipinski definition) is 1. The van der Waals surface area contributed by atoms with Crippen LogP contribution in [0.5, 0.6) is 0 Å². The Kier molecular flexibility index (Phi) is 3.42. The molecule has 1 aliphatic carbocycles. The predicted octanol–water partition coefficient (Wildman–Crippen LogP) is 4.62. The van der Waals surface area contributed by atoms with Crippen molar-refractivity contribution in [3.63, 3.8) is 0 Å². The van der Waals surface area contributed by atoms with E-state index in [1.165, 1.54) is 33.8 Å². The Labute approximate surface area is 152 Å². The highest BCUT2D eigenvalue weighted by Crippen LogP contribution is 2.43. The Morgan fingerprint density at radius 1 is 1.15 bits per heavy atom. The molecule has 2 aliphatic rings. The number of carbonyl (C=O) groups excluding carboxylic acids is 1. The number of carbonyl (C=O) groups is 1. The molecule has 3 nitrogen and oxygen atoms in total. The number of fused-ring (bicyclic) bond motifs is 3. The van der Waals surface area contributed by atoms with Gasteiger partial charge in [0.15, 0.2) is 0 Å². The molecule has 26 heavy (non-hydrogen) atoms. The van der Waals surface area contributed by atoms with Crippen LogP contribution in [-0.4, -0.2) is 21.9 Å². The fourth-order valence-electron chi connectivity index (χ4n) is 4.75. The molecule has 0 unspecified atom stereocenters. The molecule has 4 heteroatoms.